The number of halogens is 1. The second-order valence-corrected chi connectivity index (χ2v) is 3.98. The smallest absolute Gasteiger partial charge is 0.191 e. The van der Waals surface area contributed by atoms with E-state index in [9.17, 15) is 0 Å². The minimum absolute atomic E-state index is 0.705. The zero-order chi connectivity index (χ0) is 12.5. The lowest BCUT2D eigenvalue weighted by Gasteiger charge is -2.10. The standard InChI is InChI=1S/C13H18ClN3/c1-3-8-16-13(15-2)17-9-7-11-5-4-6-12(14)10-11/h3-6,10H,1,7-9H2,2H3,(H2,15,16,17). The summed E-state index contributed by atoms with van der Waals surface area (Å²) in [6.45, 7) is 5.17. The number of nitrogens with zero attached hydrogens (tertiary/aromatic N) is 1. The van der Waals surface area contributed by atoms with Crippen LogP contribution < -0.4 is 10.6 Å². The monoisotopic (exact) mass is 251 g/mol. The van der Waals surface area contributed by atoms with Crippen LogP contribution in [-0.4, -0.2) is 26.1 Å². The van der Waals surface area contributed by atoms with Gasteiger partial charge in [-0.05, 0) is 24.1 Å². The lowest BCUT2D eigenvalue weighted by molar-refractivity contribution is 0.822. The molecule has 0 bridgehead atoms. The summed E-state index contributed by atoms with van der Waals surface area (Å²) in [5.41, 5.74) is 1.21. The normalized spacial score (nSPS) is 11.1. The molecule has 0 heterocycles. The second-order valence-electron chi connectivity index (χ2n) is 3.55. The summed E-state index contributed by atoms with van der Waals surface area (Å²) in [4.78, 5) is 4.09. The average Bonchev–Trinajstić information content (AvgIpc) is 2.33. The van der Waals surface area contributed by atoms with Crippen LogP contribution in [0.3, 0.4) is 0 Å². The van der Waals surface area contributed by atoms with Crippen molar-refractivity contribution >= 4 is 17.6 Å². The van der Waals surface area contributed by atoms with E-state index in [-0.39, 0.29) is 0 Å². The summed E-state index contributed by atoms with van der Waals surface area (Å²) in [5, 5.41) is 7.11. The molecule has 0 aliphatic heterocycles. The van der Waals surface area contributed by atoms with Crippen molar-refractivity contribution in [1.29, 1.82) is 0 Å². The Morgan fingerprint density at radius 2 is 2.29 bits per heavy atom. The van der Waals surface area contributed by atoms with E-state index in [1.807, 2.05) is 18.2 Å². The molecular weight excluding hydrogens is 234 g/mol. The summed E-state index contributed by atoms with van der Waals surface area (Å²) in [7, 11) is 1.75. The van der Waals surface area contributed by atoms with Crippen molar-refractivity contribution in [2.75, 3.05) is 20.1 Å². The third-order valence-corrected chi connectivity index (χ3v) is 2.47. The molecular formula is C13H18ClN3. The molecule has 1 rings (SSSR count). The molecule has 0 atom stereocenters. The Morgan fingerprint density at radius 3 is 2.94 bits per heavy atom. The highest BCUT2D eigenvalue weighted by atomic mass is 35.5. The van der Waals surface area contributed by atoms with Crippen molar-refractivity contribution in [2.24, 2.45) is 4.99 Å². The van der Waals surface area contributed by atoms with Crippen LogP contribution in [0.2, 0.25) is 5.02 Å². The van der Waals surface area contributed by atoms with Gasteiger partial charge in [-0.2, -0.15) is 0 Å². The summed E-state index contributed by atoms with van der Waals surface area (Å²) in [5.74, 6) is 0.784. The van der Waals surface area contributed by atoms with E-state index in [1.54, 1.807) is 13.1 Å². The molecule has 92 valence electrons. The predicted molar refractivity (Wildman–Crippen MR) is 74.7 cm³/mol. The van der Waals surface area contributed by atoms with Gasteiger partial charge < -0.3 is 10.6 Å². The fourth-order valence-electron chi connectivity index (χ4n) is 1.41. The van der Waals surface area contributed by atoms with Gasteiger partial charge in [-0.15, -0.1) is 6.58 Å². The molecule has 3 nitrogen and oxygen atoms in total. The van der Waals surface area contributed by atoms with Gasteiger partial charge in [-0.1, -0.05) is 29.8 Å². The maximum atomic E-state index is 5.91. The SMILES string of the molecule is C=CCNC(=NC)NCCc1cccc(Cl)c1. The van der Waals surface area contributed by atoms with Crippen LogP contribution in [0.1, 0.15) is 5.56 Å². The summed E-state index contributed by atoms with van der Waals surface area (Å²) < 4.78 is 0. The largest absolute Gasteiger partial charge is 0.356 e. The Bertz CT molecular complexity index is 388. The summed E-state index contributed by atoms with van der Waals surface area (Å²) >= 11 is 5.91. The molecule has 0 fully saturated rings. The number of aliphatic imine (C=N–C) groups is 1. The molecule has 0 spiro atoms. The van der Waals surface area contributed by atoms with Gasteiger partial charge in [0, 0.05) is 25.2 Å². The molecule has 0 aromatic heterocycles. The van der Waals surface area contributed by atoms with Crippen LogP contribution in [0.4, 0.5) is 0 Å². The van der Waals surface area contributed by atoms with E-state index in [2.05, 4.69) is 28.3 Å². The van der Waals surface area contributed by atoms with E-state index < -0.39 is 0 Å². The average molecular weight is 252 g/mol. The second kappa shape index (κ2) is 7.74. The van der Waals surface area contributed by atoms with Gasteiger partial charge in [-0.3, -0.25) is 4.99 Å². The quantitative estimate of drug-likeness (QED) is 0.478. The zero-order valence-corrected chi connectivity index (χ0v) is 10.8. The molecule has 0 saturated heterocycles. The van der Waals surface area contributed by atoms with Gasteiger partial charge in [0.05, 0.1) is 0 Å². The Kier molecular flexibility index (Phi) is 6.18. The van der Waals surface area contributed by atoms with Crippen molar-refractivity contribution in [1.82, 2.24) is 10.6 Å². The fourth-order valence-corrected chi connectivity index (χ4v) is 1.62. The Labute approximate surface area is 108 Å². The maximum absolute atomic E-state index is 5.91. The topological polar surface area (TPSA) is 36.4 Å². The van der Waals surface area contributed by atoms with E-state index in [1.165, 1.54) is 5.56 Å². The fraction of sp³-hybridized carbons (Fsp3) is 0.308. The Morgan fingerprint density at radius 1 is 1.47 bits per heavy atom. The predicted octanol–water partition coefficient (Wildman–Crippen LogP) is 2.23. The highest BCUT2D eigenvalue weighted by molar-refractivity contribution is 6.30. The first kappa shape index (κ1) is 13.6. The van der Waals surface area contributed by atoms with Crippen molar-refractivity contribution in [3.8, 4) is 0 Å². The van der Waals surface area contributed by atoms with Crippen molar-refractivity contribution in [3.63, 3.8) is 0 Å². The summed E-state index contributed by atoms with van der Waals surface area (Å²) in [6, 6.07) is 7.88. The van der Waals surface area contributed by atoms with Crippen LogP contribution >= 0.6 is 11.6 Å². The Balaban J connectivity index is 2.34. The first-order valence-electron chi connectivity index (χ1n) is 5.56. The third kappa shape index (κ3) is 5.41. The maximum Gasteiger partial charge on any atom is 0.191 e. The molecule has 17 heavy (non-hydrogen) atoms. The van der Waals surface area contributed by atoms with Gasteiger partial charge in [0.25, 0.3) is 0 Å². The van der Waals surface area contributed by atoms with Gasteiger partial charge in [0.15, 0.2) is 5.96 Å². The zero-order valence-electron chi connectivity index (χ0n) is 10.0. The van der Waals surface area contributed by atoms with E-state index in [4.69, 9.17) is 11.6 Å². The van der Waals surface area contributed by atoms with Gasteiger partial charge in [-0.25, -0.2) is 0 Å². The first-order chi connectivity index (χ1) is 8.26. The third-order valence-electron chi connectivity index (χ3n) is 2.23. The lowest BCUT2D eigenvalue weighted by Crippen LogP contribution is -2.38. The van der Waals surface area contributed by atoms with Crippen LogP contribution in [0.5, 0.6) is 0 Å². The highest BCUT2D eigenvalue weighted by Gasteiger charge is 1.97. The van der Waals surface area contributed by atoms with Crippen LogP contribution in [0.15, 0.2) is 41.9 Å². The highest BCUT2D eigenvalue weighted by Crippen LogP contribution is 2.10. The first-order valence-corrected chi connectivity index (χ1v) is 5.94. The van der Waals surface area contributed by atoms with Crippen molar-refractivity contribution in [3.05, 3.63) is 47.5 Å². The van der Waals surface area contributed by atoms with E-state index >= 15 is 0 Å². The van der Waals surface area contributed by atoms with E-state index in [0.717, 1.165) is 23.9 Å². The minimum Gasteiger partial charge on any atom is -0.356 e. The van der Waals surface area contributed by atoms with Gasteiger partial charge in [0.1, 0.15) is 0 Å². The lowest BCUT2D eigenvalue weighted by atomic mass is 10.1. The number of hydrogen-bond donors (Lipinski definition) is 2. The van der Waals surface area contributed by atoms with Gasteiger partial charge in [0.2, 0.25) is 0 Å². The van der Waals surface area contributed by atoms with Gasteiger partial charge >= 0.3 is 0 Å². The van der Waals surface area contributed by atoms with Crippen LogP contribution in [-0.2, 0) is 6.42 Å². The number of benzene rings is 1. The number of rotatable bonds is 5. The van der Waals surface area contributed by atoms with Crippen LogP contribution in [0.25, 0.3) is 0 Å². The summed E-state index contributed by atoms with van der Waals surface area (Å²) in [6.07, 6.45) is 2.71. The molecule has 0 radical (unpaired) electrons. The molecule has 0 aliphatic carbocycles. The number of guanidine groups is 1. The molecule has 2 N–H and O–H groups in total. The molecule has 0 amide bonds. The molecule has 0 aliphatic rings. The van der Waals surface area contributed by atoms with Crippen molar-refractivity contribution in [2.45, 2.75) is 6.42 Å². The number of hydrogen-bond acceptors (Lipinski definition) is 1. The number of nitrogens with one attached hydrogen (secondary N) is 2. The van der Waals surface area contributed by atoms with E-state index in [0.29, 0.717) is 6.54 Å². The minimum atomic E-state index is 0.705. The van der Waals surface area contributed by atoms with Crippen molar-refractivity contribution < 1.29 is 0 Å². The molecule has 4 heteroatoms. The van der Waals surface area contributed by atoms with Crippen LogP contribution in [0, 0.1) is 0 Å². The molecule has 1 aromatic carbocycles. The molecule has 0 saturated carbocycles. The molecule has 0 unspecified atom stereocenters. The molecule has 1 aromatic rings. The Hall–Kier alpha value is -1.48.